The van der Waals surface area contributed by atoms with Gasteiger partial charge in [-0.05, 0) is 57.9 Å². The highest BCUT2D eigenvalue weighted by Gasteiger charge is 2.29. The molecule has 2 aromatic carbocycles. The number of hydrogen-bond acceptors (Lipinski definition) is 2. The number of halogens is 4. The van der Waals surface area contributed by atoms with Gasteiger partial charge in [0.1, 0.15) is 18.1 Å². The summed E-state index contributed by atoms with van der Waals surface area (Å²) in [4.78, 5) is 0. The highest BCUT2D eigenvalue weighted by molar-refractivity contribution is 9.10. The van der Waals surface area contributed by atoms with Crippen molar-refractivity contribution in [3.05, 3.63) is 58.1 Å². The van der Waals surface area contributed by atoms with E-state index in [9.17, 15) is 13.2 Å². The van der Waals surface area contributed by atoms with Gasteiger partial charge in [-0.2, -0.15) is 13.2 Å². The predicted molar refractivity (Wildman–Crippen MR) is 76.5 cm³/mol. The highest BCUT2D eigenvalue weighted by atomic mass is 79.9. The Balaban J connectivity index is 2.01. The van der Waals surface area contributed by atoms with Crippen molar-refractivity contribution in [2.75, 3.05) is 7.11 Å². The molecule has 0 amide bonds. The quantitative estimate of drug-likeness (QED) is 0.758. The van der Waals surface area contributed by atoms with E-state index in [0.29, 0.717) is 11.5 Å². The minimum absolute atomic E-state index is 0.258. The summed E-state index contributed by atoms with van der Waals surface area (Å²) in [5, 5.41) is 0. The topological polar surface area (TPSA) is 18.5 Å². The molecule has 0 spiro atoms. The molecule has 0 heterocycles. The third-order valence-corrected chi connectivity index (χ3v) is 3.42. The molecule has 0 saturated carbocycles. The van der Waals surface area contributed by atoms with Crippen molar-refractivity contribution in [2.45, 2.75) is 12.8 Å². The normalized spacial score (nSPS) is 11.3. The van der Waals surface area contributed by atoms with Crippen LogP contribution in [0.5, 0.6) is 11.5 Å². The van der Waals surface area contributed by atoms with E-state index in [0.717, 1.165) is 22.2 Å². The Labute approximate surface area is 128 Å². The van der Waals surface area contributed by atoms with E-state index >= 15 is 0 Å². The van der Waals surface area contributed by atoms with Gasteiger partial charge in [0.2, 0.25) is 0 Å². The van der Waals surface area contributed by atoms with Crippen LogP contribution in [0.1, 0.15) is 11.1 Å². The van der Waals surface area contributed by atoms with Crippen LogP contribution in [0.15, 0.2) is 46.9 Å². The second-order valence-electron chi connectivity index (χ2n) is 4.28. The average Bonchev–Trinajstić information content (AvgIpc) is 2.45. The minimum atomic E-state index is -4.33. The number of alkyl halides is 3. The first-order chi connectivity index (χ1) is 9.90. The fourth-order valence-electron chi connectivity index (χ4n) is 1.71. The van der Waals surface area contributed by atoms with Gasteiger partial charge >= 0.3 is 6.18 Å². The van der Waals surface area contributed by atoms with Crippen LogP contribution in [-0.4, -0.2) is 7.11 Å². The van der Waals surface area contributed by atoms with E-state index in [-0.39, 0.29) is 6.61 Å². The van der Waals surface area contributed by atoms with Crippen molar-refractivity contribution in [2.24, 2.45) is 0 Å². The Kier molecular flexibility index (Phi) is 4.77. The molecular weight excluding hydrogens is 349 g/mol. The van der Waals surface area contributed by atoms with E-state index < -0.39 is 11.7 Å². The first-order valence-corrected chi connectivity index (χ1v) is 6.82. The van der Waals surface area contributed by atoms with Crippen LogP contribution in [0.4, 0.5) is 13.2 Å². The SMILES string of the molecule is COc1ccc(COc2ccc(C(F)(F)F)cc2)cc1Br. The molecule has 2 rings (SSSR count). The van der Waals surface area contributed by atoms with Gasteiger partial charge in [0.05, 0.1) is 17.1 Å². The maximum atomic E-state index is 12.4. The molecule has 0 fully saturated rings. The number of ether oxygens (including phenoxy) is 2. The number of benzene rings is 2. The molecule has 0 aliphatic carbocycles. The number of rotatable bonds is 4. The van der Waals surface area contributed by atoms with Crippen LogP contribution >= 0.6 is 15.9 Å². The van der Waals surface area contributed by atoms with Gasteiger partial charge in [-0.1, -0.05) is 6.07 Å². The van der Waals surface area contributed by atoms with Crippen LogP contribution < -0.4 is 9.47 Å². The van der Waals surface area contributed by atoms with Gasteiger partial charge in [0.15, 0.2) is 0 Å². The van der Waals surface area contributed by atoms with Crippen molar-refractivity contribution in [3.8, 4) is 11.5 Å². The maximum absolute atomic E-state index is 12.4. The monoisotopic (exact) mass is 360 g/mol. The van der Waals surface area contributed by atoms with Gasteiger partial charge < -0.3 is 9.47 Å². The summed E-state index contributed by atoms with van der Waals surface area (Å²) in [6.45, 7) is 0.258. The first kappa shape index (κ1) is 15.7. The Hall–Kier alpha value is -1.69. The predicted octanol–water partition coefficient (Wildman–Crippen LogP) is 5.06. The molecule has 0 aliphatic rings. The van der Waals surface area contributed by atoms with Gasteiger partial charge in [-0.25, -0.2) is 0 Å². The largest absolute Gasteiger partial charge is 0.496 e. The van der Waals surface area contributed by atoms with Gasteiger partial charge in [0, 0.05) is 0 Å². The summed E-state index contributed by atoms with van der Waals surface area (Å²) in [7, 11) is 1.57. The molecule has 0 aliphatic heterocycles. The summed E-state index contributed by atoms with van der Waals surface area (Å²) in [5.41, 5.74) is 0.185. The van der Waals surface area contributed by atoms with Crippen molar-refractivity contribution in [3.63, 3.8) is 0 Å². The van der Waals surface area contributed by atoms with E-state index in [1.807, 2.05) is 12.1 Å². The van der Waals surface area contributed by atoms with Crippen LogP contribution in [-0.2, 0) is 12.8 Å². The fraction of sp³-hybridized carbons (Fsp3) is 0.200. The molecule has 0 aromatic heterocycles. The van der Waals surface area contributed by atoms with E-state index in [1.54, 1.807) is 13.2 Å². The van der Waals surface area contributed by atoms with E-state index in [4.69, 9.17) is 9.47 Å². The molecule has 0 saturated heterocycles. The van der Waals surface area contributed by atoms with E-state index in [2.05, 4.69) is 15.9 Å². The number of hydrogen-bond donors (Lipinski definition) is 0. The van der Waals surface area contributed by atoms with Crippen molar-refractivity contribution in [1.82, 2.24) is 0 Å². The Morgan fingerprint density at radius 3 is 2.24 bits per heavy atom. The Morgan fingerprint density at radius 1 is 1.05 bits per heavy atom. The second kappa shape index (κ2) is 6.39. The molecule has 0 atom stereocenters. The van der Waals surface area contributed by atoms with Crippen LogP contribution in [0.2, 0.25) is 0 Å². The summed E-state index contributed by atoms with van der Waals surface area (Å²) in [6, 6.07) is 10.1. The van der Waals surface area contributed by atoms with Crippen LogP contribution in [0.25, 0.3) is 0 Å². The lowest BCUT2D eigenvalue weighted by Gasteiger charge is -2.10. The van der Waals surface area contributed by atoms with Crippen molar-refractivity contribution in [1.29, 1.82) is 0 Å². The summed E-state index contributed by atoms with van der Waals surface area (Å²) in [6.07, 6.45) is -4.33. The smallest absolute Gasteiger partial charge is 0.416 e. The highest BCUT2D eigenvalue weighted by Crippen LogP contribution is 2.30. The standard InChI is InChI=1S/C15H12BrF3O2/c1-20-14-7-2-10(8-13(14)16)9-21-12-5-3-11(4-6-12)15(17,18)19/h2-8H,9H2,1H3. The van der Waals surface area contributed by atoms with Crippen molar-refractivity contribution >= 4 is 15.9 Å². The van der Waals surface area contributed by atoms with Gasteiger partial charge in [-0.3, -0.25) is 0 Å². The number of methoxy groups -OCH3 is 1. The molecule has 2 nitrogen and oxygen atoms in total. The zero-order valence-electron chi connectivity index (χ0n) is 11.1. The molecule has 6 heteroatoms. The molecule has 21 heavy (non-hydrogen) atoms. The maximum Gasteiger partial charge on any atom is 0.416 e. The lowest BCUT2D eigenvalue weighted by Crippen LogP contribution is -2.04. The lowest BCUT2D eigenvalue weighted by molar-refractivity contribution is -0.137. The molecule has 0 radical (unpaired) electrons. The third-order valence-electron chi connectivity index (χ3n) is 2.80. The molecule has 0 bridgehead atoms. The molecule has 0 N–H and O–H groups in total. The summed E-state index contributed by atoms with van der Waals surface area (Å²) >= 11 is 3.36. The first-order valence-electron chi connectivity index (χ1n) is 6.02. The van der Waals surface area contributed by atoms with Crippen LogP contribution in [0.3, 0.4) is 0 Å². The zero-order valence-corrected chi connectivity index (χ0v) is 12.7. The van der Waals surface area contributed by atoms with Crippen molar-refractivity contribution < 1.29 is 22.6 Å². The zero-order chi connectivity index (χ0) is 15.5. The van der Waals surface area contributed by atoms with Gasteiger partial charge in [-0.15, -0.1) is 0 Å². The fourth-order valence-corrected chi connectivity index (χ4v) is 2.29. The van der Waals surface area contributed by atoms with Gasteiger partial charge in [0.25, 0.3) is 0 Å². The minimum Gasteiger partial charge on any atom is -0.496 e. The molecule has 0 unspecified atom stereocenters. The summed E-state index contributed by atoms with van der Waals surface area (Å²) in [5.74, 6) is 1.09. The average molecular weight is 361 g/mol. The Morgan fingerprint density at radius 2 is 1.71 bits per heavy atom. The second-order valence-corrected chi connectivity index (χ2v) is 5.13. The van der Waals surface area contributed by atoms with E-state index in [1.165, 1.54) is 12.1 Å². The summed E-state index contributed by atoms with van der Waals surface area (Å²) < 4.78 is 48.6. The molecular formula is C15H12BrF3O2. The molecule has 2 aromatic rings. The van der Waals surface area contributed by atoms with Crippen LogP contribution in [0, 0.1) is 0 Å². The third kappa shape index (κ3) is 4.14. The Bertz CT molecular complexity index is 609. The molecule has 112 valence electrons. The lowest BCUT2D eigenvalue weighted by atomic mass is 10.2.